The van der Waals surface area contributed by atoms with Crippen molar-refractivity contribution < 1.29 is 5.11 Å². The van der Waals surface area contributed by atoms with Gasteiger partial charge >= 0.3 is 0 Å². The summed E-state index contributed by atoms with van der Waals surface area (Å²) in [4.78, 5) is 0. The fraction of sp³-hybridized carbons (Fsp3) is 0.400. The molecule has 0 radical (unpaired) electrons. The number of phenols is 1. The Kier molecular flexibility index (Phi) is 4.58. The molecule has 2 N–H and O–H groups in total. The third kappa shape index (κ3) is 3.83. The largest absolute Gasteiger partial charge is 0.508 e. The Morgan fingerprint density at radius 1 is 1.32 bits per heavy atom. The predicted octanol–water partition coefficient (Wildman–Crippen LogP) is 2.41. The van der Waals surface area contributed by atoms with Gasteiger partial charge in [0.15, 0.2) is 0 Å². The summed E-state index contributed by atoms with van der Waals surface area (Å²) in [6.07, 6.45) is 5.96. The molecule has 1 unspecified atom stereocenters. The van der Waals surface area contributed by atoms with Gasteiger partial charge in [-0.15, -0.1) is 0 Å². The second kappa shape index (κ2) is 6.38. The quantitative estimate of drug-likeness (QED) is 0.837. The van der Waals surface area contributed by atoms with Gasteiger partial charge in [-0.3, -0.25) is 4.68 Å². The first-order valence-electron chi connectivity index (χ1n) is 6.69. The number of hydrogen-bond acceptors (Lipinski definition) is 3. The molecule has 0 bridgehead atoms. The maximum absolute atomic E-state index is 9.32. The molecule has 0 saturated carbocycles. The average molecular weight is 259 g/mol. The Morgan fingerprint density at radius 2 is 2.05 bits per heavy atom. The fourth-order valence-electron chi connectivity index (χ4n) is 2.11. The summed E-state index contributed by atoms with van der Waals surface area (Å²) in [5.74, 6) is 0.309. The smallest absolute Gasteiger partial charge is 0.115 e. The zero-order chi connectivity index (χ0) is 13.7. The topological polar surface area (TPSA) is 50.1 Å². The second-order valence-electron chi connectivity index (χ2n) is 4.82. The van der Waals surface area contributed by atoms with E-state index in [1.165, 1.54) is 11.1 Å². The highest BCUT2D eigenvalue weighted by molar-refractivity contribution is 5.27. The number of aromatic hydroxyl groups is 1. The molecule has 1 aromatic carbocycles. The van der Waals surface area contributed by atoms with Crippen LogP contribution in [0.25, 0.3) is 0 Å². The summed E-state index contributed by atoms with van der Waals surface area (Å²) in [5, 5.41) is 17.1. The number of hydrogen-bond donors (Lipinski definition) is 2. The van der Waals surface area contributed by atoms with Crippen LogP contribution in [0.5, 0.6) is 5.75 Å². The minimum absolute atomic E-state index is 0.262. The number of aryl methyl sites for hydroxylation is 1. The Morgan fingerprint density at radius 3 is 2.63 bits per heavy atom. The Bertz CT molecular complexity index is 504. The first kappa shape index (κ1) is 13.6. The monoisotopic (exact) mass is 259 g/mol. The summed E-state index contributed by atoms with van der Waals surface area (Å²) in [6.45, 7) is 3.14. The van der Waals surface area contributed by atoms with Gasteiger partial charge in [-0.05, 0) is 37.1 Å². The summed E-state index contributed by atoms with van der Waals surface area (Å²) >= 11 is 0. The minimum atomic E-state index is 0.262. The highest BCUT2D eigenvalue weighted by atomic mass is 16.3. The van der Waals surface area contributed by atoms with E-state index in [1.807, 2.05) is 36.3 Å². The van der Waals surface area contributed by atoms with Crippen LogP contribution in [0.15, 0.2) is 36.7 Å². The van der Waals surface area contributed by atoms with Crippen LogP contribution < -0.4 is 5.32 Å². The number of nitrogens with one attached hydrogen (secondary N) is 1. The van der Waals surface area contributed by atoms with Crippen LogP contribution in [0.1, 0.15) is 30.5 Å². The van der Waals surface area contributed by atoms with Crippen LogP contribution in [-0.2, 0) is 13.5 Å². The minimum Gasteiger partial charge on any atom is -0.508 e. The SMILES string of the molecule is CCCNC(Cc1ccc(O)cc1)c1cnn(C)c1. The van der Waals surface area contributed by atoms with Crippen LogP contribution in [0, 0.1) is 0 Å². The van der Waals surface area contributed by atoms with Gasteiger partial charge in [0.25, 0.3) is 0 Å². The van der Waals surface area contributed by atoms with E-state index >= 15 is 0 Å². The van der Waals surface area contributed by atoms with E-state index in [4.69, 9.17) is 0 Å². The van der Waals surface area contributed by atoms with Crippen molar-refractivity contribution in [3.05, 3.63) is 47.8 Å². The molecule has 0 spiro atoms. The van der Waals surface area contributed by atoms with Crippen LogP contribution in [-0.4, -0.2) is 21.4 Å². The fourth-order valence-corrected chi connectivity index (χ4v) is 2.11. The van der Waals surface area contributed by atoms with Crippen molar-refractivity contribution in [3.63, 3.8) is 0 Å². The number of aromatic nitrogens is 2. The molecular formula is C15H21N3O. The van der Waals surface area contributed by atoms with Gasteiger partial charge in [0.2, 0.25) is 0 Å². The number of nitrogens with zero attached hydrogens (tertiary/aromatic N) is 2. The summed E-state index contributed by atoms with van der Waals surface area (Å²) in [5.41, 5.74) is 2.40. The summed E-state index contributed by atoms with van der Waals surface area (Å²) in [7, 11) is 1.93. The molecule has 19 heavy (non-hydrogen) atoms. The van der Waals surface area contributed by atoms with E-state index in [9.17, 15) is 5.11 Å². The van der Waals surface area contributed by atoms with E-state index in [0.29, 0.717) is 5.75 Å². The van der Waals surface area contributed by atoms with E-state index in [-0.39, 0.29) is 6.04 Å². The number of phenolic OH excluding ortho intramolecular Hbond substituents is 1. The standard InChI is InChI=1S/C15H21N3O/c1-3-8-16-15(13-10-17-18(2)11-13)9-12-4-6-14(19)7-5-12/h4-7,10-11,15-16,19H,3,8-9H2,1-2H3. The van der Waals surface area contributed by atoms with Gasteiger partial charge in [-0.2, -0.15) is 5.10 Å². The molecule has 0 saturated heterocycles. The first-order chi connectivity index (χ1) is 9.19. The molecule has 0 fully saturated rings. The number of benzene rings is 1. The van der Waals surface area contributed by atoms with Crippen LogP contribution in [0.2, 0.25) is 0 Å². The van der Waals surface area contributed by atoms with E-state index < -0.39 is 0 Å². The molecule has 1 aromatic heterocycles. The van der Waals surface area contributed by atoms with E-state index in [1.54, 1.807) is 12.1 Å². The Balaban J connectivity index is 2.11. The lowest BCUT2D eigenvalue weighted by atomic mass is 10.0. The zero-order valence-electron chi connectivity index (χ0n) is 11.5. The molecule has 4 heteroatoms. The Labute approximate surface area is 114 Å². The molecule has 0 aliphatic heterocycles. The van der Waals surface area contributed by atoms with Gasteiger partial charge in [0, 0.05) is 24.8 Å². The van der Waals surface area contributed by atoms with E-state index in [0.717, 1.165) is 19.4 Å². The molecule has 1 atom stereocenters. The third-order valence-corrected chi connectivity index (χ3v) is 3.14. The third-order valence-electron chi connectivity index (χ3n) is 3.14. The van der Waals surface area contributed by atoms with Crippen molar-refractivity contribution in [1.82, 2.24) is 15.1 Å². The van der Waals surface area contributed by atoms with Gasteiger partial charge in [-0.1, -0.05) is 19.1 Å². The summed E-state index contributed by atoms with van der Waals surface area (Å²) < 4.78 is 1.83. The van der Waals surface area contributed by atoms with Gasteiger partial charge < -0.3 is 10.4 Å². The molecule has 2 aromatic rings. The molecule has 0 aliphatic carbocycles. The average Bonchev–Trinajstić information content (AvgIpc) is 2.83. The highest BCUT2D eigenvalue weighted by Gasteiger charge is 2.13. The van der Waals surface area contributed by atoms with Crippen molar-refractivity contribution in [1.29, 1.82) is 0 Å². The Hall–Kier alpha value is -1.81. The van der Waals surface area contributed by atoms with Gasteiger partial charge in [0.1, 0.15) is 5.75 Å². The maximum Gasteiger partial charge on any atom is 0.115 e. The van der Waals surface area contributed by atoms with Crippen molar-refractivity contribution in [2.75, 3.05) is 6.54 Å². The lowest BCUT2D eigenvalue weighted by Crippen LogP contribution is -2.23. The molecule has 0 amide bonds. The molecular weight excluding hydrogens is 238 g/mol. The van der Waals surface area contributed by atoms with E-state index in [2.05, 4.69) is 17.3 Å². The van der Waals surface area contributed by atoms with Crippen LogP contribution >= 0.6 is 0 Å². The molecule has 0 aliphatic rings. The summed E-state index contributed by atoms with van der Waals surface area (Å²) in [6, 6.07) is 7.65. The van der Waals surface area contributed by atoms with Crippen molar-refractivity contribution >= 4 is 0 Å². The van der Waals surface area contributed by atoms with Crippen LogP contribution in [0.4, 0.5) is 0 Å². The van der Waals surface area contributed by atoms with Crippen molar-refractivity contribution in [3.8, 4) is 5.75 Å². The lowest BCUT2D eigenvalue weighted by molar-refractivity contribution is 0.474. The number of rotatable bonds is 6. The molecule has 102 valence electrons. The lowest BCUT2D eigenvalue weighted by Gasteiger charge is -2.17. The predicted molar refractivity (Wildman–Crippen MR) is 76.1 cm³/mol. The highest BCUT2D eigenvalue weighted by Crippen LogP contribution is 2.19. The van der Waals surface area contributed by atoms with Gasteiger partial charge in [0.05, 0.1) is 6.20 Å². The maximum atomic E-state index is 9.32. The molecule has 4 nitrogen and oxygen atoms in total. The second-order valence-corrected chi connectivity index (χ2v) is 4.82. The molecule has 2 rings (SSSR count). The van der Waals surface area contributed by atoms with Crippen molar-refractivity contribution in [2.24, 2.45) is 7.05 Å². The first-order valence-corrected chi connectivity index (χ1v) is 6.69. The van der Waals surface area contributed by atoms with Crippen LogP contribution in [0.3, 0.4) is 0 Å². The zero-order valence-corrected chi connectivity index (χ0v) is 11.5. The van der Waals surface area contributed by atoms with Crippen molar-refractivity contribution in [2.45, 2.75) is 25.8 Å². The molecule has 1 heterocycles. The van der Waals surface area contributed by atoms with Gasteiger partial charge in [-0.25, -0.2) is 0 Å². The normalized spacial score (nSPS) is 12.5.